The Hall–Kier alpha value is -2.53. The van der Waals surface area contributed by atoms with Crippen molar-refractivity contribution >= 4 is 27.9 Å². The number of nitrogens with zero attached hydrogens (tertiary/aromatic N) is 2. The summed E-state index contributed by atoms with van der Waals surface area (Å²) in [6.45, 7) is 5.99. The van der Waals surface area contributed by atoms with Gasteiger partial charge in [-0.05, 0) is 24.7 Å². The molecule has 0 unspecified atom stereocenters. The smallest absolute Gasteiger partial charge is 0.414 e. The number of aliphatic carboxylic acids is 2. The molecule has 0 radical (unpaired) electrons. The van der Waals surface area contributed by atoms with Crippen LogP contribution in [0.25, 0.3) is 0 Å². The topological polar surface area (TPSA) is 154 Å². The Balaban J connectivity index is 0.000000972. The van der Waals surface area contributed by atoms with Crippen molar-refractivity contribution in [2.45, 2.75) is 27.3 Å². The molecule has 0 aliphatic rings. The summed E-state index contributed by atoms with van der Waals surface area (Å²) in [7, 11) is -1.97. The molecule has 0 saturated carbocycles. The molecule has 0 saturated heterocycles. The summed E-state index contributed by atoms with van der Waals surface area (Å²) in [4.78, 5) is 36.2. The van der Waals surface area contributed by atoms with Crippen LogP contribution in [0.15, 0.2) is 24.5 Å². The van der Waals surface area contributed by atoms with Gasteiger partial charge in [0.2, 0.25) is 15.9 Å². The van der Waals surface area contributed by atoms with Gasteiger partial charge in [0.1, 0.15) is 0 Å². The molecule has 0 bridgehead atoms. The highest BCUT2D eigenvalue weighted by Gasteiger charge is 2.28. The maximum Gasteiger partial charge on any atom is 0.414 e. The number of carboxylic acid groups (broad SMARTS) is 2. The molecule has 0 fully saturated rings. The van der Waals surface area contributed by atoms with Gasteiger partial charge in [0.15, 0.2) is 0 Å². The summed E-state index contributed by atoms with van der Waals surface area (Å²) >= 11 is 0. The number of hydrogen-bond acceptors (Lipinski definition) is 6. The van der Waals surface area contributed by atoms with E-state index in [1.165, 1.54) is 7.05 Å². The number of rotatable bonds is 6. The molecule has 0 aliphatic heterocycles. The van der Waals surface area contributed by atoms with Crippen molar-refractivity contribution in [1.82, 2.24) is 14.6 Å². The van der Waals surface area contributed by atoms with Crippen LogP contribution in [-0.4, -0.2) is 65.7 Å². The van der Waals surface area contributed by atoms with Gasteiger partial charge in [-0.1, -0.05) is 20.8 Å². The first-order valence-electron chi connectivity index (χ1n) is 7.86. The summed E-state index contributed by atoms with van der Waals surface area (Å²) in [5.74, 6) is -3.84. The van der Waals surface area contributed by atoms with Gasteiger partial charge in [-0.2, -0.15) is 0 Å². The average molecular weight is 403 g/mol. The summed E-state index contributed by atoms with van der Waals surface area (Å²) < 4.78 is 25.4. The zero-order valence-electron chi connectivity index (χ0n) is 15.7. The summed E-state index contributed by atoms with van der Waals surface area (Å²) in [5, 5.41) is 14.8. The number of sulfonamides is 1. The van der Waals surface area contributed by atoms with E-state index in [-0.39, 0.29) is 18.2 Å². The molecule has 1 heterocycles. The molecule has 11 heteroatoms. The van der Waals surface area contributed by atoms with E-state index in [2.05, 4.69) is 9.71 Å². The Labute approximate surface area is 158 Å². The minimum Gasteiger partial charge on any atom is -0.473 e. The van der Waals surface area contributed by atoms with E-state index in [1.807, 2.05) is 32.9 Å². The van der Waals surface area contributed by atoms with Crippen molar-refractivity contribution in [3.63, 3.8) is 0 Å². The number of pyridine rings is 1. The molecule has 0 aromatic carbocycles. The fourth-order valence-electron chi connectivity index (χ4n) is 1.77. The van der Waals surface area contributed by atoms with Crippen LogP contribution < -0.4 is 4.72 Å². The van der Waals surface area contributed by atoms with Crippen LogP contribution in [0.4, 0.5) is 0 Å². The molecular weight excluding hydrogens is 378 g/mol. The van der Waals surface area contributed by atoms with Crippen molar-refractivity contribution in [3.05, 3.63) is 30.1 Å². The molecule has 152 valence electrons. The van der Waals surface area contributed by atoms with Gasteiger partial charge in [0, 0.05) is 30.9 Å². The lowest BCUT2D eigenvalue weighted by Crippen LogP contribution is -2.42. The van der Waals surface area contributed by atoms with Crippen LogP contribution in [0.1, 0.15) is 26.3 Å². The highest BCUT2D eigenvalue weighted by atomic mass is 32.2. The first-order chi connectivity index (χ1) is 12.3. The Morgan fingerprint density at radius 3 is 1.96 bits per heavy atom. The Bertz CT molecular complexity index is 731. The van der Waals surface area contributed by atoms with Gasteiger partial charge in [-0.3, -0.25) is 9.78 Å². The fraction of sp³-hybridized carbons (Fsp3) is 0.500. The van der Waals surface area contributed by atoms with Gasteiger partial charge in [-0.15, -0.1) is 0 Å². The highest BCUT2D eigenvalue weighted by Crippen LogP contribution is 2.19. The second-order valence-electron chi connectivity index (χ2n) is 6.47. The molecule has 1 rings (SSSR count). The van der Waals surface area contributed by atoms with Crippen molar-refractivity contribution in [2.24, 2.45) is 5.41 Å². The molecule has 0 atom stereocenters. The normalized spacial score (nSPS) is 11.1. The summed E-state index contributed by atoms with van der Waals surface area (Å²) in [6, 6.07) is 3.63. The number of aromatic nitrogens is 1. The van der Waals surface area contributed by atoms with Crippen LogP contribution >= 0.6 is 0 Å². The average Bonchev–Trinajstić information content (AvgIpc) is 2.58. The van der Waals surface area contributed by atoms with E-state index in [4.69, 9.17) is 19.8 Å². The highest BCUT2D eigenvalue weighted by molar-refractivity contribution is 7.89. The van der Waals surface area contributed by atoms with Crippen LogP contribution in [0.5, 0.6) is 0 Å². The van der Waals surface area contributed by atoms with Crippen LogP contribution in [0, 0.1) is 5.41 Å². The summed E-state index contributed by atoms with van der Waals surface area (Å²) in [6.07, 6.45) is 3.30. The summed E-state index contributed by atoms with van der Waals surface area (Å²) in [5.41, 5.74) is 0.362. The van der Waals surface area contributed by atoms with Gasteiger partial charge in [0.05, 0.1) is 5.75 Å². The van der Waals surface area contributed by atoms with Gasteiger partial charge < -0.3 is 15.1 Å². The second-order valence-corrected chi connectivity index (χ2v) is 8.51. The molecule has 1 aromatic heterocycles. The number of nitrogens with one attached hydrogen (secondary N) is 1. The van der Waals surface area contributed by atoms with E-state index in [1.54, 1.807) is 17.3 Å². The second kappa shape index (κ2) is 10.6. The lowest BCUT2D eigenvalue weighted by atomic mass is 9.94. The zero-order valence-corrected chi connectivity index (χ0v) is 16.5. The third-order valence-corrected chi connectivity index (χ3v) is 4.52. The lowest BCUT2D eigenvalue weighted by Gasteiger charge is -2.29. The quantitative estimate of drug-likeness (QED) is 0.568. The third kappa shape index (κ3) is 10.3. The molecule has 1 amide bonds. The minimum atomic E-state index is -3.34. The molecule has 0 spiro atoms. The maximum atomic E-state index is 12.5. The first kappa shape index (κ1) is 24.5. The Morgan fingerprint density at radius 1 is 1.11 bits per heavy atom. The molecule has 0 aliphatic carbocycles. The third-order valence-electron chi connectivity index (χ3n) is 3.18. The fourth-order valence-corrected chi connectivity index (χ4v) is 2.43. The number of amides is 1. The zero-order chi connectivity index (χ0) is 21.3. The number of hydrogen-bond donors (Lipinski definition) is 3. The first-order valence-corrected chi connectivity index (χ1v) is 9.51. The van der Waals surface area contributed by atoms with Gasteiger partial charge in [0.25, 0.3) is 0 Å². The minimum absolute atomic E-state index is 0.0781. The molecule has 27 heavy (non-hydrogen) atoms. The van der Waals surface area contributed by atoms with Crippen LogP contribution in [0.2, 0.25) is 0 Å². The van der Waals surface area contributed by atoms with E-state index in [9.17, 15) is 13.2 Å². The predicted octanol–water partition coefficient (Wildman–Crippen LogP) is 0.161. The Morgan fingerprint density at radius 2 is 1.59 bits per heavy atom. The van der Waals surface area contributed by atoms with Gasteiger partial charge in [-0.25, -0.2) is 22.7 Å². The van der Waals surface area contributed by atoms with Crippen molar-refractivity contribution < 1.29 is 33.0 Å². The van der Waals surface area contributed by atoms with Crippen molar-refractivity contribution in [1.29, 1.82) is 0 Å². The SMILES string of the molecule is CNS(=O)(=O)CCN(Cc1ccncc1)C(=O)C(C)(C)C.O=C(O)C(=O)O. The predicted molar refractivity (Wildman–Crippen MR) is 97.2 cm³/mol. The van der Waals surface area contributed by atoms with E-state index < -0.39 is 27.4 Å². The largest absolute Gasteiger partial charge is 0.473 e. The number of carbonyl (C=O) groups is 3. The molecular formula is C16H25N3O7S. The van der Waals surface area contributed by atoms with Crippen LogP contribution in [0.3, 0.4) is 0 Å². The maximum absolute atomic E-state index is 12.5. The van der Waals surface area contributed by atoms with Crippen molar-refractivity contribution in [2.75, 3.05) is 19.3 Å². The molecule has 1 aromatic rings. The van der Waals surface area contributed by atoms with E-state index in [0.717, 1.165) is 5.56 Å². The Kier molecular flexibility index (Phi) is 9.59. The van der Waals surface area contributed by atoms with Crippen LogP contribution in [-0.2, 0) is 31.0 Å². The van der Waals surface area contributed by atoms with E-state index >= 15 is 0 Å². The number of carbonyl (C=O) groups excluding carboxylic acids is 1. The molecule has 10 nitrogen and oxygen atoms in total. The molecule has 3 N–H and O–H groups in total. The van der Waals surface area contributed by atoms with Gasteiger partial charge >= 0.3 is 11.9 Å². The lowest BCUT2D eigenvalue weighted by molar-refractivity contribution is -0.159. The van der Waals surface area contributed by atoms with Crippen molar-refractivity contribution in [3.8, 4) is 0 Å². The van der Waals surface area contributed by atoms with E-state index in [0.29, 0.717) is 6.54 Å². The monoisotopic (exact) mass is 403 g/mol. The standard InChI is InChI=1S/C14H23N3O3S.C2H2O4/c1-14(2,3)13(18)17(9-10-21(19,20)15-4)11-12-5-7-16-8-6-12;3-1(4)2(5)6/h5-8,15H,9-11H2,1-4H3;(H,3,4)(H,5,6). The number of carboxylic acids is 2.